The molecule has 1 heterocycles. The van der Waals surface area contributed by atoms with Gasteiger partial charge in [-0.05, 0) is 30.7 Å². The Morgan fingerprint density at radius 2 is 2.00 bits per heavy atom. The monoisotopic (exact) mass is 205 g/mol. The van der Waals surface area contributed by atoms with Crippen LogP contribution in [0.2, 0.25) is 0 Å². The van der Waals surface area contributed by atoms with Crippen LogP contribution in [0.25, 0.3) is 11.0 Å². The number of fused-ring (bicyclic) bond motifs is 1. The molecule has 3 heteroatoms. The third-order valence-electron chi connectivity index (χ3n) is 2.43. The first-order chi connectivity index (χ1) is 7.11. The van der Waals surface area contributed by atoms with E-state index in [2.05, 4.69) is 19.1 Å². The number of anilines is 1. The number of furan rings is 1. The zero-order chi connectivity index (χ0) is 11.0. The van der Waals surface area contributed by atoms with Gasteiger partial charge in [-0.2, -0.15) is 0 Å². The van der Waals surface area contributed by atoms with Crippen molar-refractivity contribution in [2.45, 2.75) is 13.5 Å². The number of hydrogen-bond donors (Lipinski definition) is 1. The molecule has 0 aliphatic heterocycles. The summed E-state index contributed by atoms with van der Waals surface area (Å²) in [7, 11) is 3.96. The highest BCUT2D eigenvalue weighted by Gasteiger charge is 2.10. The second kappa shape index (κ2) is 3.59. The molecule has 0 fully saturated rings. The predicted molar refractivity (Wildman–Crippen MR) is 61.2 cm³/mol. The number of benzene rings is 1. The van der Waals surface area contributed by atoms with E-state index in [9.17, 15) is 0 Å². The maximum absolute atomic E-state index is 9.03. The van der Waals surface area contributed by atoms with Crippen LogP contribution in [0.3, 0.4) is 0 Å². The molecule has 0 spiro atoms. The molecule has 1 N–H and O–H groups in total. The lowest BCUT2D eigenvalue weighted by molar-refractivity contribution is 0.251. The standard InChI is InChI=1S/C12H15NO2/c1-8-4-9-6-10(7-14)15-12(9)11(5-8)13(2)3/h4-6,14H,7H2,1-3H3. The van der Waals surface area contributed by atoms with Gasteiger partial charge in [0.25, 0.3) is 0 Å². The second-order valence-electron chi connectivity index (χ2n) is 3.97. The fourth-order valence-electron chi connectivity index (χ4n) is 1.74. The molecule has 0 saturated carbocycles. The zero-order valence-electron chi connectivity index (χ0n) is 9.24. The number of aliphatic hydroxyl groups excluding tert-OH is 1. The largest absolute Gasteiger partial charge is 0.456 e. The van der Waals surface area contributed by atoms with Gasteiger partial charge < -0.3 is 14.4 Å². The van der Waals surface area contributed by atoms with Crippen molar-refractivity contribution in [3.05, 3.63) is 29.5 Å². The van der Waals surface area contributed by atoms with Crippen molar-refractivity contribution in [1.82, 2.24) is 0 Å². The van der Waals surface area contributed by atoms with E-state index < -0.39 is 0 Å². The summed E-state index contributed by atoms with van der Waals surface area (Å²) in [5, 5.41) is 10.1. The fourth-order valence-corrected chi connectivity index (χ4v) is 1.74. The number of nitrogens with zero attached hydrogens (tertiary/aromatic N) is 1. The molecule has 0 amide bonds. The Morgan fingerprint density at radius 3 is 2.60 bits per heavy atom. The maximum Gasteiger partial charge on any atom is 0.157 e. The maximum atomic E-state index is 9.03. The summed E-state index contributed by atoms with van der Waals surface area (Å²) in [6.45, 7) is 2.00. The summed E-state index contributed by atoms with van der Waals surface area (Å²) in [6.07, 6.45) is 0. The Balaban J connectivity index is 2.72. The van der Waals surface area contributed by atoms with Crippen LogP contribution in [0, 0.1) is 6.92 Å². The Kier molecular flexibility index (Phi) is 2.40. The molecule has 80 valence electrons. The highest BCUT2D eigenvalue weighted by molar-refractivity contribution is 5.90. The van der Waals surface area contributed by atoms with Crippen molar-refractivity contribution >= 4 is 16.7 Å². The van der Waals surface area contributed by atoms with Crippen molar-refractivity contribution in [2.24, 2.45) is 0 Å². The van der Waals surface area contributed by atoms with Crippen molar-refractivity contribution in [2.75, 3.05) is 19.0 Å². The van der Waals surface area contributed by atoms with Gasteiger partial charge in [0, 0.05) is 19.5 Å². The zero-order valence-corrected chi connectivity index (χ0v) is 9.24. The lowest BCUT2D eigenvalue weighted by atomic mass is 10.1. The number of hydrogen-bond acceptors (Lipinski definition) is 3. The first-order valence-electron chi connectivity index (χ1n) is 4.93. The topological polar surface area (TPSA) is 36.6 Å². The van der Waals surface area contributed by atoms with E-state index in [1.165, 1.54) is 5.56 Å². The third-order valence-corrected chi connectivity index (χ3v) is 2.43. The van der Waals surface area contributed by atoms with Crippen LogP contribution < -0.4 is 4.90 Å². The first-order valence-corrected chi connectivity index (χ1v) is 4.93. The van der Waals surface area contributed by atoms with Crippen LogP contribution in [0.1, 0.15) is 11.3 Å². The average Bonchev–Trinajstić information content (AvgIpc) is 2.58. The van der Waals surface area contributed by atoms with Crippen molar-refractivity contribution in [1.29, 1.82) is 0 Å². The molecule has 15 heavy (non-hydrogen) atoms. The summed E-state index contributed by atoms with van der Waals surface area (Å²) in [5.74, 6) is 0.610. The minimum atomic E-state index is -0.0550. The van der Waals surface area contributed by atoms with Gasteiger partial charge in [-0.3, -0.25) is 0 Å². The molecule has 1 aromatic heterocycles. The van der Waals surface area contributed by atoms with Crippen LogP contribution in [-0.2, 0) is 6.61 Å². The summed E-state index contributed by atoms with van der Waals surface area (Å²) in [4.78, 5) is 2.01. The molecule has 1 aromatic carbocycles. The van der Waals surface area contributed by atoms with Crippen LogP contribution in [0.5, 0.6) is 0 Å². The molecule has 0 bridgehead atoms. The van der Waals surface area contributed by atoms with Gasteiger partial charge in [0.1, 0.15) is 12.4 Å². The van der Waals surface area contributed by atoms with Gasteiger partial charge in [-0.25, -0.2) is 0 Å². The van der Waals surface area contributed by atoms with Gasteiger partial charge in [-0.1, -0.05) is 0 Å². The Bertz CT molecular complexity index is 486. The molecule has 0 radical (unpaired) electrons. The Hall–Kier alpha value is -1.48. The van der Waals surface area contributed by atoms with Crippen molar-refractivity contribution < 1.29 is 9.52 Å². The molecule has 2 rings (SSSR count). The molecular formula is C12H15NO2. The summed E-state index contributed by atoms with van der Waals surface area (Å²) < 4.78 is 5.57. The molecule has 0 aliphatic rings. The molecule has 0 atom stereocenters. The summed E-state index contributed by atoms with van der Waals surface area (Å²) in [5.41, 5.74) is 3.08. The first kappa shape index (κ1) is 10.1. The van der Waals surface area contributed by atoms with Gasteiger partial charge in [-0.15, -0.1) is 0 Å². The number of aliphatic hydroxyl groups is 1. The number of aryl methyl sites for hydroxylation is 1. The van der Waals surface area contributed by atoms with E-state index in [1.807, 2.05) is 25.1 Å². The lowest BCUT2D eigenvalue weighted by Crippen LogP contribution is -2.08. The van der Waals surface area contributed by atoms with Crippen LogP contribution in [0.4, 0.5) is 5.69 Å². The molecule has 0 saturated heterocycles. The van der Waals surface area contributed by atoms with E-state index in [0.717, 1.165) is 16.7 Å². The minimum Gasteiger partial charge on any atom is -0.456 e. The van der Waals surface area contributed by atoms with Crippen molar-refractivity contribution in [3.8, 4) is 0 Å². The summed E-state index contributed by atoms with van der Waals surface area (Å²) in [6, 6.07) is 6.02. The fraction of sp³-hybridized carbons (Fsp3) is 0.333. The molecule has 0 unspecified atom stereocenters. The Labute approximate surface area is 88.9 Å². The van der Waals surface area contributed by atoms with Gasteiger partial charge in [0.2, 0.25) is 0 Å². The molecular weight excluding hydrogens is 190 g/mol. The van der Waals surface area contributed by atoms with Gasteiger partial charge >= 0.3 is 0 Å². The SMILES string of the molecule is Cc1cc(N(C)C)c2oc(CO)cc2c1. The van der Waals surface area contributed by atoms with E-state index in [0.29, 0.717) is 5.76 Å². The van der Waals surface area contributed by atoms with Gasteiger partial charge in [0.15, 0.2) is 5.58 Å². The van der Waals surface area contributed by atoms with E-state index >= 15 is 0 Å². The highest BCUT2D eigenvalue weighted by Crippen LogP contribution is 2.30. The molecule has 2 aromatic rings. The minimum absolute atomic E-state index is 0.0550. The Morgan fingerprint density at radius 1 is 1.27 bits per heavy atom. The van der Waals surface area contributed by atoms with E-state index in [-0.39, 0.29) is 6.61 Å². The quantitative estimate of drug-likeness (QED) is 0.817. The number of rotatable bonds is 2. The molecule has 0 aliphatic carbocycles. The normalized spacial score (nSPS) is 10.9. The summed E-state index contributed by atoms with van der Waals surface area (Å²) >= 11 is 0. The molecule has 3 nitrogen and oxygen atoms in total. The van der Waals surface area contributed by atoms with E-state index in [4.69, 9.17) is 9.52 Å². The van der Waals surface area contributed by atoms with Gasteiger partial charge in [0.05, 0.1) is 5.69 Å². The highest BCUT2D eigenvalue weighted by atomic mass is 16.4. The van der Waals surface area contributed by atoms with Crippen LogP contribution in [0.15, 0.2) is 22.6 Å². The van der Waals surface area contributed by atoms with Crippen molar-refractivity contribution in [3.63, 3.8) is 0 Å². The van der Waals surface area contributed by atoms with E-state index in [1.54, 1.807) is 0 Å². The average molecular weight is 205 g/mol. The predicted octanol–water partition coefficient (Wildman–Crippen LogP) is 2.30. The smallest absolute Gasteiger partial charge is 0.157 e. The van der Waals surface area contributed by atoms with Crippen LogP contribution in [-0.4, -0.2) is 19.2 Å². The second-order valence-corrected chi connectivity index (χ2v) is 3.97. The van der Waals surface area contributed by atoms with Crippen LogP contribution >= 0.6 is 0 Å². The lowest BCUT2D eigenvalue weighted by Gasteiger charge is -2.13. The third kappa shape index (κ3) is 1.70.